The maximum Gasteiger partial charge on any atom is 0.264 e. The third-order valence-electron chi connectivity index (χ3n) is 4.58. The van der Waals surface area contributed by atoms with Gasteiger partial charge in [-0.05, 0) is 42.3 Å². The number of benzene rings is 3. The molecule has 0 amide bonds. The number of nitrogens with zero attached hydrogens (tertiary/aromatic N) is 1. The van der Waals surface area contributed by atoms with Gasteiger partial charge in [0.15, 0.2) is 0 Å². The highest BCUT2D eigenvalue weighted by Gasteiger charge is 2.22. The number of hydrogen-bond donors (Lipinski definition) is 1. The minimum absolute atomic E-state index is 0.0755. The van der Waals surface area contributed by atoms with Gasteiger partial charge in [-0.2, -0.15) is 0 Å². The summed E-state index contributed by atoms with van der Waals surface area (Å²) in [5, 5.41) is 0.623. The quantitative estimate of drug-likeness (QED) is 0.419. The molecule has 0 unspecified atom stereocenters. The summed E-state index contributed by atoms with van der Waals surface area (Å²) in [6.07, 6.45) is 0.438. The summed E-state index contributed by atoms with van der Waals surface area (Å²) >= 11 is 6.15. The topological polar surface area (TPSA) is 72.2 Å². The van der Waals surface area contributed by atoms with Crippen molar-refractivity contribution in [1.82, 2.24) is 4.98 Å². The van der Waals surface area contributed by atoms with E-state index in [0.717, 1.165) is 11.1 Å². The number of hydrogen-bond acceptors (Lipinski definition) is 4. The van der Waals surface area contributed by atoms with E-state index >= 15 is 0 Å². The first-order valence-electron chi connectivity index (χ1n) is 9.30. The Bertz CT molecular complexity index is 1270. The average Bonchev–Trinajstić information content (AvgIpc) is 3.13. The van der Waals surface area contributed by atoms with Gasteiger partial charge in [0, 0.05) is 17.0 Å². The predicted molar refractivity (Wildman–Crippen MR) is 118 cm³/mol. The van der Waals surface area contributed by atoms with E-state index in [4.69, 9.17) is 16.0 Å². The molecule has 3 aromatic carbocycles. The number of aryl methyl sites for hydroxylation is 1. The van der Waals surface area contributed by atoms with Gasteiger partial charge in [-0.3, -0.25) is 0 Å². The van der Waals surface area contributed by atoms with Crippen LogP contribution in [0.2, 0.25) is 5.02 Å². The molecule has 152 valence electrons. The van der Waals surface area contributed by atoms with Crippen molar-refractivity contribution in [2.24, 2.45) is 0 Å². The van der Waals surface area contributed by atoms with E-state index in [1.165, 1.54) is 12.1 Å². The molecule has 0 aliphatic carbocycles. The molecular formula is C23H19ClN2O3S. The van der Waals surface area contributed by atoms with E-state index in [1.807, 2.05) is 43.3 Å². The molecule has 1 N–H and O–H groups in total. The minimum Gasteiger partial charge on any atom is -0.423 e. The Hall–Kier alpha value is -3.09. The summed E-state index contributed by atoms with van der Waals surface area (Å²) in [6.45, 7) is 1.88. The molecule has 30 heavy (non-hydrogen) atoms. The number of sulfonamides is 1. The molecule has 0 fully saturated rings. The Morgan fingerprint density at radius 3 is 2.30 bits per heavy atom. The molecule has 0 radical (unpaired) electrons. The lowest BCUT2D eigenvalue weighted by Crippen LogP contribution is -2.12. The summed E-state index contributed by atoms with van der Waals surface area (Å²) in [7, 11) is -3.83. The Kier molecular flexibility index (Phi) is 5.61. The van der Waals surface area contributed by atoms with Gasteiger partial charge in [0.2, 0.25) is 11.8 Å². The number of oxazole rings is 1. The first-order chi connectivity index (χ1) is 14.4. The van der Waals surface area contributed by atoms with Crippen molar-refractivity contribution in [2.75, 3.05) is 4.72 Å². The van der Waals surface area contributed by atoms with Crippen LogP contribution < -0.4 is 4.72 Å². The van der Waals surface area contributed by atoms with Crippen LogP contribution in [0.25, 0.3) is 11.3 Å². The first-order valence-corrected chi connectivity index (χ1v) is 11.2. The zero-order chi connectivity index (χ0) is 21.1. The molecule has 7 heteroatoms. The Morgan fingerprint density at radius 2 is 1.63 bits per heavy atom. The van der Waals surface area contributed by atoms with Crippen molar-refractivity contribution in [2.45, 2.75) is 18.2 Å². The van der Waals surface area contributed by atoms with Crippen molar-refractivity contribution in [3.63, 3.8) is 0 Å². The highest BCUT2D eigenvalue weighted by atomic mass is 35.5. The lowest BCUT2D eigenvalue weighted by atomic mass is 10.1. The van der Waals surface area contributed by atoms with Crippen LogP contribution >= 0.6 is 11.6 Å². The SMILES string of the molecule is Cc1cc(-c2nc(Cc3ccccc3)oc2NS(=O)(=O)c2ccccc2)ccc1Cl. The molecule has 0 aliphatic heterocycles. The van der Waals surface area contributed by atoms with Crippen molar-refractivity contribution >= 4 is 27.5 Å². The fraction of sp³-hybridized carbons (Fsp3) is 0.0870. The van der Waals surface area contributed by atoms with Gasteiger partial charge in [0.25, 0.3) is 10.0 Å². The van der Waals surface area contributed by atoms with Gasteiger partial charge in [0.05, 0.1) is 4.90 Å². The molecular weight excluding hydrogens is 420 g/mol. The van der Waals surface area contributed by atoms with Crippen LogP contribution in [-0.2, 0) is 16.4 Å². The maximum absolute atomic E-state index is 12.9. The van der Waals surface area contributed by atoms with Crippen LogP contribution in [0.4, 0.5) is 5.88 Å². The lowest BCUT2D eigenvalue weighted by Gasteiger charge is -2.07. The highest BCUT2D eigenvalue weighted by molar-refractivity contribution is 7.92. The van der Waals surface area contributed by atoms with Gasteiger partial charge in [0.1, 0.15) is 5.69 Å². The van der Waals surface area contributed by atoms with Crippen LogP contribution in [0, 0.1) is 6.92 Å². The molecule has 1 heterocycles. The average molecular weight is 439 g/mol. The Labute approximate surface area is 180 Å². The van der Waals surface area contributed by atoms with Crippen LogP contribution in [0.5, 0.6) is 0 Å². The normalized spacial score (nSPS) is 11.4. The van der Waals surface area contributed by atoms with E-state index in [2.05, 4.69) is 9.71 Å². The molecule has 0 atom stereocenters. The fourth-order valence-electron chi connectivity index (χ4n) is 3.05. The van der Waals surface area contributed by atoms with E-state index in [1.54, 1.807) is 30.3 Å². The predicted octanol–water partition coefficient (Wildman–Crippen LogP) is 5.70. The summed E-state index contributed by atoms with van der Waals surface area (Å²) in [6, 6.07) is 23.3. The smallest absolute Gasteiger partial charge is 0.264 e. The van der Waals surface area contributed by atoms with Gasteiger partial charge >= 0.3 is 0 Å². The van der Waals surface area contributed by atoms with Crippen molar-refractivity contribution in [3.8, 4) is 11.3 Å². The molecule has 4 aromatic rings. The number of anilines is 1. The molecule has 5 nitrogen and oxygen atoms in total. The zero-order valence-corrected chi connectivity index (χ0v) is 17.7. The molecule has 0 saturated heterocycles. The van der Waals surface area contributed by atoms with E-state index in [0.29, 0.717) is 28.6 Å². The van der Waals surface area contributed by atoms with Crippen LogP contribution in [-0.4, -0.2) is 13.4 Å². The van der Waals surface area contributed by atoms with Crippen molar-refractivity contribution in [1.29, 1.82) is 0 Å². The second-order valence-corrected chi connectivity index (χ2v) is 8.92. The molecule has 4 rings (SSSR count). The first kappa shape index (κ1) is 20.2. The van der Waals surface area contributed by atoms with E-state index in [-0.39, 0.29) is 10.8 Å². The summed E-state index contributed by atoms with van der Waals surface area (Å²) < 4.78 is 34.1. The van der Waals surface area contributed by atoms with Crippen molar-refractivity contribution in [3.05, 3.63) is 101 Å². The van der Waals surface area contributed by atoms with Gasteiger partial charge < -0.3 is 4.42 Å². The molecule has 0 aliphatic rings. The second kappa shape index (κ2) is 8.34. The summed E-state index contributed by atoms with van der Waals surface area (Å²) in [5.41, 5.74) is 3.00. The molecule has 0 spiro atoms. The van der Waals surface area contributed by atoms with E-state index < -0.39 is 10.0 Å². The van der Waals surface area contributed by atoms with Crippen LogP contribution in [0.15, 0.2) is 88.2 Å². The molecule has 0 saturated carbocycles. The number of nitrogens with one attached hydrogen (secondary N) is 1. The maximum atomic E-state index is 12.9. The third-order valence-corrected chi connectivity index (χ3v) is 6.35. The Morgan fingerprint density at radius 1 is 0.967 bits per heavy atom. The van der Waals surface area contributed by atoms with Gasteiger partial charge in [-0.25, -0.2) is 18.1 Å². The van der Waals surface area contributed by atoms with E-state index in [9.17, 15) is 8.42 Å². The number of aromatic nitrogens is 1. The fourth-order valence-corrected chi connectivity index (χ4v) is 4.18. The standard InChI is InChI=1S/C23H19ClN2O3S/c1-16-14-18(12-13-20(16)24)22-23(26-30(27,28)19-10-6-3-7-11-19)29-21(25-22)15-17-8-4-2-5-9-17/h2-14,26H,15H2,1H3. The van der Waals surface area contributed by atoms with Gasteiger partial charge in [-0.15, -0.1) is 0 Å². The largest absolute Gasteiger partial charge is 0.423 e. The van der Waals surface area contributed by atoms with Crippen LogP contribution in [0.1, 0.15) is 17.0 Å². The lowest BCUT2D eigenvalue weighted by molar-refractivity contribution is 0.521. The molecule has 1 aromatic heterocycles. The zero-order valence-electron chi connectivity index (χ0n) is 16.2. The second-order valence-electron chi connectivity index (χ2n) is 6.83. The van der Waals surface area contributed by atoms with Gasteiger partial charge in [-0.1, -0.05) is 66.2 Å². The monoisotopic (exact) mass is 438 g/mol. The van der Waals surface area contributed by atoms with Crippen LogP contribution in [0.3, 0.4) is 0 Å². The third kappa shape index (κ3) is 4.40. The minimum atomic E-state index is -3.83. The highest BCUT2D eigenvalue weighted by Crippen LogP contribution is 2.33. The summed E-state index contributed by atoms with van der Waals surface area (Å²) in [4.78, 5) is 4.73. The summed E-state index contributed by atoms with van der Waals surface area (Å²) in [5.74, 6) is 0.487. The Balaban J connectivity index is 1.76. The van der Waals surface area contributed by atoms with Crippen molar-refractivity contribution < 1.29 is 12.8 Å². The number of halogens is 1. The number of rotatable bonds is 6. The molecule has 0 bridgehead atoms.